The Morgan fingerprint density at radius 2 is 2.03 bits per heavy atom. The molecule has 2 heterocycles. The second-order valence-corrected chi connectivity index (χ2v) is 8.14. The van der Waals surface area contributed by atoms with Crippen molar-refractivity contribution in [2.45, 2.75) is 32.9 Å². The van der Waals surface area contributed by atoms with E-state index in [1.807, 2.05) is 30.5 Å². The van der Waals surface area contributed by atoms with Crippen molar-refractivity contribution in [3.05, 3.63) is 65.4 Å². The van der Waals surface area contributed by atoms with Gasteiger partial charge in [-0.1, -0.05) is 22.8 Å². The number of amides is 1. The first-order chi connectivity index (χ1) is 15.8. The number of ether oxygens (including phenoxy) is 1. The fraction of sp³-hybridized carbons (Fsp3) is 0.208. The third-order valence-electron chi connectivity index (χ3n) is 4.95. The first kappa shape index (κ1) is 22.4. The minimum Gasteiger partial charge on any atom is -0.489 e. The largest absolute Gasteiger partial charge is 0.489 e. The summed E-state index contributed by atoms with van der Waals surface area (Å²) in [5.41, 5.74) is 2.20. The second-order valence-electron chi connectivity index (χ2n) is 7.73. The molecule has 8 nitrogen and oxygen atoms in total. The van der Waals surface area contributed by atoms with Gasteiger partial charge in [0.25, 0.3) is 5.91 Å². The molecule has 170 valence electrons. The molecule has 4 aromatic rings. The average molecular weight is 468 g/mol. The Morgan fingerprint density at radius 1 is 1.21 bits per heavy atom. The third-order valence-corrected chi connectivity index (χ3v) is 5.25. The van der Waals surface area contributed by atoms with Gasteiger partial charge in [-0.15, -0.1) is 0 Å². The molecule has 2 aromatic heterocycles. The van der Waals surface area contributed by atoms with E-state index in [2.05, 4.69) is 10.5 Å². The molecule has 33 heavy (non-hydrogen) atoms. The van der Waals surface area contributed by atoms with Crippen molar-refractivity contribution >= 4 is 40.1 Å². The van der Waals surface area contributed by atoms with Gasteiger partial charge in [0.1, 0.15) is 5.75 Å². The van der Waals surface area contributed by atoms with E-state index in [9.17, 15) is 9.59 Å². The zero-order valence-corrected chi connectivity index (χ0v) is 18.8. The van der Waals surface area contributed by atoms with E-state index in [0.717, 1.165) is 10.9 Å². The smallest absolute Gasteiger partial charge is 0.305 e. The molecular formula is C24H22ClN3O5. The van der Waals surface area contributed by atoms with Crippen LogP contribution in [0, 0.1) is 0 Å². The molecule has 0 unspecified atom stereocenters. The maximum absolute atomic E-state index is 12.8. The summed E-state index contributed by atoms with van der Waals surface area (Å²) in [7, 11) is 0. The number of halogens is 1. The Bertz CT molecular complexity index is 1320. The van der Waals surface area contributed by atoms with Crippen molar-refractivity contribution in [3.63, 3.8) is 0 Å². The maximum atomic E-state index is 12.8. The Kier molecular flexibility index (Phi) is 6.37. The van der Waals surface area contributed by atoms with E-state index in [0.29, 0.717) is 34.3 Å². The topological polar surface area (TPSA) is 107 Å². The van der Waals surface area contributed by atoms with E-state index >= 15 is 0 Å². The first-order valence-corrected chi connectivity index (χ1v) is 10.7. The van der Waals surface area contributed by atoms with Crippen LogP contribution in [-0.2, 0) is 11.3 Å². The van der Waals surface area contributed by atoms with Crippen LogP contribution in [0.3, 0.4) is 0 Å². The van der Waals surface area contributed by atoms with Gasteiger partial charge in [-0.05, 0) is 50.2 Å². The number of carboxylic acids is 1. The number of aliphatic carboxylic acids is 1. The second kappa shape index (κ2) is 9.38. The molecule has 1 amide bonds. The van der Waals surface area contributed by atoms with Gasteiger partial charge in [0.2, 0.25) is 0 Å². The molecule has 0 saturated carbocycles. The normalized spacial score (nSPS) is 11.2. The SMILES string of the molecule is CC(C)Oc1ccc(-c2cc(C(=O)Nc3cccc4c3ccn4CCC(=O)O)no2)cc1Cl. The Hall–Kier alpha value is -3.78. The number of benzene rings is 2. The number of rotatable bonds is 8. The quantitative estimate of drug-likeness (QED) is 0.356. The summed E-state index contributed by atoms with van der Waals surface area (Å²) >= 11 is 6.30. The number of hydrogen-bond acceptors (Lipinski definition) is 5. The lowest BCUT2D eigenvalue weighted by molar-refractivity contribution is -0.137. The summed E-state index contributed by atoms with van der Waals surface area (Å²) in [4.78, 5) is 23.7. The zero-order valence-electron chi connectivity index (χ0n) is 18.0. The van der Waals surface area contributed by atoms with Crippen molar-refractivity contribution in [2.24, 2.45) is 0 Å². The van der Waals surface area contributed by atoms with E-state index in [-0.39, 0.29) is 18.2 Å². The number of aromatic nitrogens is 2. The van der Waals surface area contributed by atoms with E-state index in [1.54, 1.807) is 42.6 Å². The average Bonchev–Trinajstić information content (AvgIpc) is 3.41. The summed E-state index contributed by atoms with van der Waals surface area (Å²) < 4.78 is 12.8. The van der Waals surface area contributed by atoms with Crippen LogP contribution in [0.2, 0.25) is 5.02 Å². The van der Waals surface area contributed by atoms with Crippen molar-refractivity contribution < 1.29 is 24.0 Å². The van der Waals surface area contributed by atoms with Gasteiger partial charge >= 0.3 is 5.97 Å². The van der Waals surface area contributed by atoms with Crippen LogP contribution in [0.25, 0.3) is 22.2 Å². The number of hydrogen-bond donors (Lipinski definition) is 2. The number of anilines is 1. The highest BCUT2D eigenvalue weighted by atomic mass is 35.5. The standard InChI is InChI=1S/C24H22ClN3O5/c1-14(2)32-21-7-6-15(12-17(21)25)22-13-19(27-33-22)24(31)26-18-4-3-5-20-16(18)8-10-28(20)11-9-23(29)30/h3-8,10,12-14H,9,11H2,1-2H3,(H,26,31)(H,29,30). The van der Waals surface area contributed by atoms with Crippen molar-refractivity contribution in [1.82, 2.24) is 9.72 Å². The molecule has 0 aliphatic carbocycles. The lowest BCUT2D eigenvalue weighted by Gasteiger charge is -2.11. The predicted molar refractivity (Wildman–Crippen MR) is 125 cm³/mol. The molecular weight excluding hydrogens is 446 g/mol. The molecule has 0 fully saturated rings. The fourth-order valence-electron chi connectivity index (χ4n) is 3.45. The molecule has 0 radical (unpaired) electrons. The van der Waals surface area contributed by atoms with Crippen molar-refractivity contribution in [1.29, 1.82) is 0 Å². The predicted octanol–water partition coefficient (Wildman–Crippen LogP) is 5.46. The van der Waals surface area contributed by atoms with Crippen molar-refractivity contribution in [3.8, 4) is 17.1 Å². The summed E-state index contributed by atoms with van der Waals surface area (Å²) in [6, 6.07) is 14.1. The lowest BCUT2D eigenvalue weighted by Crippen LogP contribution is -2.12. The van der Waals surface area contributed by atoms with E-state index < -0.39 is 11.9 Å². The van der Waals surface area contributed by atoms with Crippen LogP contribution in [0.4, 0.5) is 5.69 Å². The number of carbonyl (C=O) groups excluding carboxylic acids is 1. The summed E-state index contributed by atoms with van der Waals surface area (Å²) in [5, 5.41) is 16.9. The monoisotopic (exact) mass is 467 g/mol. The highest BCUT2D eigenvalue weighted by Gasteiger charge is 2.17. The molecule has 0 spiro atoms. The van der Waals surface area contributed by atoms with Gasteiger partial charge < -0.3 is 24.3 Å². The molecule has 0 saturated heterocycles. The van der Waals surface area contributed by atoms with Gasteiger partial charge in [-0.25, -0.2) is 0 Å². The van der Waals surface area contributed by atoms with E-state index in [4.69, 9.17) is 26.0 Å². The molecule has 2 N–H and O–H groups in total. The van der Waals surface area contributed by atoms with Gasteiger partial charge in [0, 0.05) is 29.8 Å². The third kappa shape index (κ3) is 5.01. The van der Waals surface area contributed by atoms with Gasteiger partial charge in [-0.2, -0.15) is 0 Å². The molecule has 9 heteroatoms. The molecule has 0 atom stereocenters. The molecule has 4 rings (SSSR count). The fourth-order valence-corrected chi connectivity index (χ4v) is 3.68. The van der Waals surface area contributed by atoms with Crippen LogP contribution >= 0.6 is 11.6 Å². The van der Waals surface area contributed by atoms with Crippen LogP contribution in [-0.4, -0.2) is 32.8 Å². The molecule has 0 aliphatic heterocycles. The number of nitrogens with zero attached hydrogens (tertiary/aromatic N) is 2. The summed E-state index contributed by atoms with van der Waals surface area (Å²) in [6.45, 7) is 4.17. The van der Waals surface area contributed by atoms with Crippen LogP contribution < -0.4 is 10.1 Å². The molecule has 0 aliphatic rings. The number of fused-ring (bicyclic) bond motifs is 1. The Morgan fingerprint density at radius 3 is 2.76 bits per heavy atom. The number of carbonyl (C=O) groups is 2. The number of carboxylic acid groups (broad SMARTS) is 1. The maximum Gasteiger partial charge on any atom is 0.305 e. The first-order valence-electron chi connectivity index (χ1n) is 10.4. The highest BCUT2D eigenvalue weighted by Crippen LogP contribution is 2.32. The lowest BCUT2D eigenvalue weighted by atomic mass is 10.1. The van der Waals surface area contributed by atoms with Crippen LogP contribution in [0.5, 0.6) is 5.75 Å². The number of aryl methyl sites for hydroxylation is 1. The van der Waals surface area contributed by atoms with Crippen LogP contribution in [0.1, 0.15) is 30.8 Å². The van der Waals surface area contributed by atoms with Gasteiger partial charge in [-0.3, -0.25) is 9.59 Å². The Balaban J connectivity index is 1.52. The van der Waals surface area contributed by atoms with Crippen LogP contribution in [0.15, 0.2) is 59.3 Å². The molecule has 0 bridgehead atoms. The van der Waals surface area contributed by atoms with Gasteiger partial charge in [0.05, 0.1) is 28.8 Å². The highest BCUT2D eigenvalue weighted by molar-refractivity contribution is 6.32. The van der Waals surface area contributed by atoms with Gasteiger partial charge in [0.15, 0.2) is 11.5 Å². The zero-order chi connectivity index (χ0) is 23.5. The van der Waals surface area contributed by atoms with E-state index in [1.165, 1.54) is 0 Å². The minimum atomic E-state index is -0.869. The summed E-state index contributed by atoms with van der Waals surface area (Å²) in [5.74, 6) is -0.333. The van der Waals surface area contributed by atoms with Crippen molar-refractivity contribution in [2.75, 3.05) is 5.32 Å². The minimum absolute atomic E-state index is 0.00698. The number of nitrogens with one attached hydrogen (secondary N) is 1. The molecule has 2 aromatic carbocycles. The summed E-state index contributed by atoms with van der Waals surface area (Å²) in [6.07, 6.45) is 1.80. The Labute approximate surface area is 194 Å².